The fraction of sp³-hybridized carbons (Fsp3) is 0.438. The molecule has 0 aromatic heterocycles. The van der Waals surface area contributed by atoms with Crippen LogP contribution in [0, 0.1) is 3.57 Å². The lowest BCUT2D eigenvalue weighted by Gasteiger charge is -2.26. The average Bonchev–Trinajstić information content (AvgIpc) is 2.74. The van der Waals surface area contributed by atoms with E-state index in [0.717, 1.165) is 24.0 Å². The van der Waals surface area contributed by atoms with Gasteiger partial charge in [0.25, 0.3) is 0 Å². The Morgan fingerprint density at radius 2 is 2.10 bits per heavy atom. The molecule has 2 aliphatic rings. The molecule has 0 saturated carbocycles. The van der Waals surface area contributed by atoms with Crippen molar-refractivity contribution < 1.29 is 9.90 Å². The number of thioether (sulfide) groups is 1. The predicted octanol–water partition coefficient (Wildman–Crippen LogP) is 3.66. The van der Waals surface area contributed by atoms with E-state index in [9.17, 15) is 9.90 Å². The van der Waals surface area contributed by atoms with Gasteiger partial charge in [-0.2, -0.15) is 0 Å². The first kappa shape index (κ1) is 14.6. The molecule has 2 nitrogen and oxygen atoms in total. The fourth-order valence-electron chi connectivity index (χ4n) is 3.09. The molecule has 2 unspecified atom stereocenters. The van der Waals surface area contributed by atoms with Crippen molar-refractivity contribution >= 4 is 45.7 Å². The molecule has 3 atom stereocenters. The van der Waals surface area contributed by atoms with Gasteiger partial charge in [0.2, 0.25) is 0 Å². The van der Waals surface area contributed by atoms with Crippen LogP contribution in [0.1, 0.15) is 31.7 Å². The summed E-state index contributed by atoms with van der Waals surface area (Å²) < 4.78 is 1.20. The van der Waals surface area contributed by atoms with Gasteiger partial charge >= 0.3 is 0 Å². The zero-order valence-corrected chi connectivity index (χ0v) is 14.3. The Morgan fingerprint density at radius 3 is 2.75 bits per heavy atom. The third kappa shape index (κ3) is 2.57. The summed E-state index contributed by atoms with van der Waals surface area (Å²) in [6.45, 7) is 1.90. The van der Waals surface area contributed by atoms with Crippen LogP contribution in [0.25, 0.3) is 5.57 Å². The first-order chi connectivity index (χ1) is 9.60. The minimum absolute atomic E-state index is 0.0181. The SMILES string of the molecule is CCC(=O)C1=C(c2ccc(I)cc2)CC2CC(O)[C@H]1S2. The molecule has 0 radical (unpaired) electrons. The Balaban J connectivity index is 2.09. The highest BCUT2D eigenvalue weighted by atomic mass is 127. The van der Waals surface area contributed by atoms with E-state index in [-0.39, 0.29) is 17.1 Å². The number of aliphatic hydroxyl groups is 1. The number of hydrogen-bond acceptors (Lipinski definition) is 3. The van der Waals surface area contributed by atoms with Gasteiger partial charge in [0.1, 0.15) is 0 Å². The van der Waals surface area contributed by atoms with Crippen molar-refractivity contribution in [3.8, 4) is 0 Å². The van der Waals surface area contributed by atoms with Crippen LogP contribution in [0.2, 0.25) is 0 Å². The van der Waals surface area contributed by atoms with Crippen molar-refractivity contribution in [2.75, 3.05) is 0 Å². The highest BCUT2D eigenvalue weighted by molar-refractivity contribution is 14.1. The van der Waals surface area contributed by atoms with Crippen molar-refractivity contribution in [1.82, 2.24) is 0 Å². The minimum Gasteiger partial charge on any atom is -0.392 e. The van der Waals surface area contributed by atoms with Crippen LogP contribution in [0.15, 0.2) is 29.8 Å². The van der Waals surface area contributed by atoms with Gasteiger partial charge in [0, 0.05) is 20.8 Å². The molecular weight excluding hydrogens is 383 g/mol. The normalized spacial score (nSPS) is 28.9. The van der Waals surface area contributed by atoms with Crippen molar-refractivity contribution in [1.29, 1.82) is 0 Å². The number of allylic oxidation sites excluding steroid dienone is 1. The largest absolute Gasteiger partial charge is 0.392 e. The predicted molar refractivity (Wildman–Crippen MR) is 91.8 cm³/mol. The molecule has 1 saturated heterocycles. The van der Waals surface area contributed by atoms with Gasteiger partial charge in [-0.15, -0.1) is 11.8 Å². The number of halogens is 1. The van der Waals surface area contributed by atoms with Crippen LogP contribution >= 0.6 is 34.4 Å². The van der Waals surface area contributed by atoms with Gasteiger partial charge in [-0.05, 0) is 58.7 Å². The smallest absolute Gasteiger partial charge is 0.160 e. The average molecular weight is 400 g/mol. The number of carbonyl (C=O) groups is 1. The number of fused-ring (bicyclic) bond motifs is 2. The van der Waals surface area contributed by atoms with Crippen LogP contribution in [0.4, 0.5) is 0 Å². The van der Waals surface area contributed by atoms with Crippen molar-refractivity contribution in [2.45, 2.75) is 42.8 Å². The molecule has 106 valence electrons. The topological polar surface area (TPSA) is 37.3 Å². The maximum atomic E-state index is 12.4. The summed E-state index contributed by atoms with van der Waals surface area (Å²) in [5.74, 6) is 0.190. The van der Waals surface area contributed by atoms with Crippen LogP contribution in [0.3, 0.4) is 0 Å². The van der Waals surface area contributed by atoms with Crippen LogP contribution < -0.4 is 0 Å². The lowest BCUT2D eigenvalue weighted by molar-refractivity contribution is -0.115. The third-order valence-electron chi connectivity index (χ3n) is 4.05. The second kappa shape index (κ2) is 5.81. The molecule has 4 heteroatoms. The second-order valence-electron chi connectivity index (χ2n) is 5.36. The Morgan fingerprint density at radius 1 is 1.40 bits per heavy atom. The Bertz CT molecular complexity index is 564. The molecule has 0 spiro atoms. The Kier molecular flexibility index (Phi) is 4.24. The number of benzene rings is 1. The molecule has 3 rings (SSSR count). The summed E-state index contributed by atoms with van der Waals surface area (Å²) in [6.07, 6.45) is 1.86. The summed E-state index contributed by atoms with van der Waals surface area (Å²) >= 11 is 4.07. The summed E-state index contributed by atoms with van der Waals surface area (Å²) in [6, 6.07) is 8.36. The van der Waals surface area contributed by atoms with E-state index in [1.807, 2.05) is 6.92 Å². The lowest BCUT2D eigenvalue weighted by Crippen LogP contribution is -2.25. The number of ketones is 1. The quantitative estimate of drug-likeness (QED) is 0.787. The minimum atomic E-state index is -0.364. The molecule has 2 heterocycles. The van der Waals surface area contributed by atoms with Gasteiger partial charge < -0.3 is 5.11 Å². The molecule has 0 amide bonds. The van der Waals surface area contributed by atoms with Gasteiger partial charge in [-0.3, -0.25) is 4.79 Å². The van der Waals surface area contributed by atoms with Gasteiger partial charge in [0.15, 0.2) is 5.78 Å². The lowest BCUT2D eigenvalue weighted by atomic mass is 9.91. The van der Waals surface area contributed by atoms with E-state index in [1.165, 1.54) is 9.14 Å². The van der Waals surface area contributed by atoms with Crippen molar-refractivity contribution in [2.24, 2.45) is 0 Å². The summed E-state index contributed by atoms with van der Waals surface area (Å²) in [5.41, 5.74) is 3.19. The summed E-state index contributed by atoms with van der Waals surface area (Å²) in [4.78, 5) is 12.4. The first-order valence-electron chi connectivity index (χ1n) is 6.96. The van der Waals surface area contributed by atoms with Crippen LogP contribution in [-0.2, 0) is 4.79 Å². The maximum Gasteiger partial charge on any atom is 0.160 e. The van der Waals surface area contributed by atoms with Crippen molar-refractivity contribution in [3.05, 3.63) is 39.0 Å². The third-order valence-corrected chi connectivity index (χ3v) is 6.35. The summed E-state index contributed by atoms with van der Waals surface area (Å²) in [7, 11) is 0. The highest BCUT2D eigenvalue weighted by Gasteiger charge is 2.43. The molecule has 1 aromatic carbocycles. The number of carbonyl (C=O) groups excluding carboxylic acids is 1. The van der Waals surface area contributed by atoms with Crippen LogP contribution in [-0.4, -0.2) is 27.5 Å². The van der Waals surface area contributed by atoms with E-state index in [1.54, 1.807) is 11.8 Å². The summed E-state index contributed by atoms with van der Waals surface area (Å²) in [5, 5.41) is 10.7. The molecular formula is C16H17IO2S. The molecule has 1 aromatic rings. The van der Waals surface area contributed by atoms with Gasteiger partial charge in [-0.1, -0.05) is 19.1 Å². The van der Waals surface area contributed by atoms with E-state index in [4.69, 9.17) is 0 Å². The molecule has 1 fully saturated rings. The van der Waals surface area contributed by atoms with Crippen LogP contribution in [0.5, 0.6) is 0 Å². The zero-order valence-electron chi connectivity index (χ0n) is 11.3. The number of aliphatic hydroxyl groups excluding tert-OH is 1. The standard InChI is InChI=1S/C16H17IO2S/c1-2-13(18)15-12(9-3-5-10(17)6-4-9)7-11-8-14(19)16(15)20-11/h3-6,11,14,16,19H,2,7-8H2,1H3/t11?,14?,16-/m1/s1. The number of hydrogen-bond donors (Lipinski definition) is 1. The number of Topliss-reactive ketones (excluding diaryl/α,β-unsaturated/α-hetero) is 1. The molecule has 20 heavy (non-hydrogen) atoms. The fourth-order valence-corrected chi connectivity index (χ4v) is 5.14. The molecule has 2 aliphatic heterocycles. The maximum absolute atomic E-state index is 12.4. The number of rotatable bonds is 3. The molecule has 1 N–H and O–H groups in total. The van der Waals surface area contributed by atoms with E-state index in [0.29, 0.717) is 11.7 Å². The Hall–Kier alpha value is -0.330. The zero-order chi connectivity index (χ0) is 14.3. The first-order valence-corrected chi connectivity index (χ1v) is 8.98. The van der Waals surface area contributed by atoms with E-state index in [2.05, 4.69) is 46.9 Å². The highest BCUT2D eigenvalue weighted by Crippen LogP contribution is 2.49. The van der Waals surface area contributed by atoms with Gasteiger partial charge in [-0.25, -0.2) is 0 Å². The van der Waals surface area contributed by atoms with E-state index < -0.39 is 0 Å². The van der Waals surface area contributed by atoms with Gasteiger partial charge in [0.05, 0.1) is 11.4 Å². The van der Waals surface area contributed by atoms with E-state index >= 15 is 0 Å². The molecule has 0 aliphatic carbocycles. The van der Waals surface area contributed by atoms with Crippen molar-refractivity contribution in [3.63, 3.8) is 0 Å². The Labute approximate surface area is 137 Å². The monoisotopic (exact) mass is 400 g/mol. The second-order valence-corrected chi connectivity index (χ2v) is 8.05. The molecule has 2 bridgehead atoms.